The number of benzene rings is 1. The van der Waals surface area contributed by atoms with Crippen molar-refractivity contribution in [3.8, 4) is 0 Å². The summed E-state index contributed by atoms with van der Waals surface area (Å²) in [6.07, 6.45) is 6.73. The minimum Gasteiger partial charge on any atom is -0.397 e. The van der Waals surface area contributed by atoms with Gasteiger partial charge in [-0.05, 0) is 31.0 Å². The van der Waals surface area contributed by atoms with E-state index in [1.807, 2.05) is 13.0 Å². The van der Waals surface area contributed by atoms with E-state index in [4.69, 9.17) is 16.3 Å². The van der Waals surface area contributed by atoms with E-state index in [1.54, 1.807) is 12.4 Å². The van der Waals surface area contributed by atoms with Crippen LogP contribution in [-0.2, 0) is 4.74 Å². The Kier molecular flexibility index (Phi) is 8.66. The van der Waals surface area contributed by atoms with Gasteiger partial charge in [-0.3, -0.25) is 14.9 Å². The number of pyridine rings is 1. The van der Waals surface area contributed by atoms with E-state index >= 15 is 0 Å². The normalized spacial score (nSPS) is 19.3. The maximum Gasteiger partial charge on any atom is 0.175 e. The molecule has 0 spiro atoms. The van der Waals surface area contributed by atoms with Crippen molar-refractivity contribution in [2.75, 3.05) is 59.8 Å². The third-order valence-electron chi connectivity index (χ3n) is 6.25. The summed E-state index contributed by atoms with van der Waals surface area (Å²) in [4.78, 5) is 9.08. The molecule has 2 aromatic rings. The molecule has 0 aliphatic carbocycles. The molecule has 2 aliphatic rings. The third-order valence-corrected chi connectivity index (χ3v) is 7.23. The van der Waals surface area contributed by atoms with Crippen LogP contribution < -0.4 is 26.2 Å². The first-order valence-corrected chi connectivity index (χ1v) is 12.9. The first-order valence-electron chi connectivity index (χ1n) is 11.9. The molecule has 11 heteroatoms. The van der Waals surface area contributed by atoms with Crippen molar-refractivity contribution in [3.63, 3.8) is 0 Å². The Balaban J connectivity index is 1.45. The number of nitrogens with one attached hydrogen (secondary N) is 1. The lowest BCUT2D eigenvalue weighted by molar-refractivity contribution is 0.139. The number of halogens is 2. The summed E-state index contributed by atoms with van der Waals surface area (Å²) in [5.74, 6) is 5.26. The van der Waals surface area contributed by atoms with Crippen molar-refractivity contribution in [2.24, 2.45) is 11.6 Å². The molecule has 2 fully saturated rings. The minimum absolute atomic E-state index is 0.161. The lowest BCUT2D eigenvalue weighted by Gasteiger charge is -2.38. The highest BCUT2D eigenvalue weighted by molar-refractivity contribution is 8.00. The molecule has 0 radical (unpaired) electrons. The molecular weight excluding hydrogens is 472 g/mol. The quantitative estimate of drug-likeness (QED) is 0.205. The molecule has 1 unspecified atom stereocenters. The van der Waals surface area contributed by atoms with Crippen LogP contribution in [0.1, 0.15) is 25.3 Å². The van der Waals surface area contributed by atoms with Crippen LogP contribution in [0, 0.1) is 11.6 Å². The minimum atomic E-state index is -0.780. The number of piperazine rings is 1. The average Bonchev–Trinajstić information content (AvgIpc) is 3.41. The number of ether oxygens (including phenoxy) is 1. The molecule has 1 aromatic heterocycles. The summed E-state index contributed by atoms with van der Waals surface area (Å²) in [6.45, 7) is 7.34. The Morgan fingerprint density at radius 1 is 1.29 bits per heavy atom. The second-order valence-electron chi connectivity index (χ2n) is 8.67. The number of aromatic nitrogens is 1. The standard InChI is InChI=1S/C24H33F2N7OS/c1-2-11-35-30-22-4-3-20(25)24(23(22)26)33(28)15-21(27)17-12-19(14-29-13-17)32-8-6-31(7-9-32)18-5-10-34-16-18/h3-4,12-15,18,30H,2,5-11,16,27-28H2,1H3/b21-15-. The summed E-state index contributed by atoms with van der Waals surface area (Å²) in [6, 6.07) is 4.96. The number of hydrazine groups is 1. The summed E-state index contributed by atoms with van der Waals surface area (Å²) in [7, 11) is 0. The fourth-order valence-electron chi connectivity index (χ4n) is 4.29. The molecule has 0 saturated carbocycles. The zero-order valence-corrected chi connectivity index (χ0v) is 20.7. The van der Waals surface area contributed by atoms with Gasteiger partial charge in [0.15, 0.2) is 11.6 Å². The van der Waals surface area contributed by atoms with Gasteiger partial charge in [0.25, 0.3) is 0 Å². The Bertz CT molecular complexity index is 1030. The second kappa shape index (κ2) is 11.9. The fraction of sp³-hybridized carbons (Fsp3) is 0.458. The van der Waals surface area contributed by atoms with Gasteiger partial charge in [-0.25, -0.2) is 14.6 Å². The summed E-state index contributed by atoms with van der Waals surface area (Å²) < 4.78 is 37.9. The van der Waals surface area contributed by atoms with E-state index < -0.39 is 11.6 Å². The zero-order valence-electron chi connectivity index (χ0n) is 19.9. The van der Waals surface area contributed by atoms with Crippen molar-refractivity contribution in [1.82, 2.24) is 9.88 Å². The largest absolute Gasteiger partial charge is 0.397 e. The van der Waals surface area contributed by atoms with Crippen LogP contribution in [0.2, 0.25) is 0 Å². The van der Waals surface area contributed by atoms with E-state index in [1.165, 1.54) is 30.3 Å². The molecule has 4 rings (SSSR count). The Morgan fingerprint density at radius 3 is 2.80 bits per heavy atom. The van der Waals surface area contributed by atoms with Crippen molar-refractivity contribution >= 4 is 34.7 Å². The van der Waals surface area contributed by atoms with Gasteiger partial charge < -0.3 is 20.1 Å². The molecule has 5 N–H and O–H groups in total. The van der Waals surface area contributed by atoms with E-state index in [-0.39, 0.29) is 17.1 Å². The smallest absolute Gasteiger partial charge is 0.175 e. The topological polar surface area (TPSA) is 95.9 Å². The van der Waals surface area contributed by atoms with Crippen LogP contribution in [0.4, 0.5) is 25.8 Å². The molecule has 2 saturated heterocycles. The van der Waals surface area contributed by atoms with Gasteiger partial charge in [0.2, 0.25) is 0 Å². The van der Waals surface area contributed by atoms with Gasteiger partial charge in [-0.15, -0.1) is 0 Å². The molecule has 1 atom stereocenters. The zero-order chi connectivity index (χ0) is 24.8. The molecule has 3 heterocycles. The van der Waals surface area contributed by atoms with Gasteiger partial charge in [0.1, 0.15) is 5.69 Å². The molecule has 190 valence electrons. The second-order valence-corrected chi connectivity index (χ2v) is 9.57. The van der Waals surface area contributed by atoms with Crippen LogP contribution in [0.15, 0.2) is 36.8 Å². The van der Waals surface area contributed by atoms with Crippen molar-refractivity contribution in [1.29, 1.82) is 0 Å². The summed E-state index contributed by atoms with van der Waals surface area (Å²) in [5, 5.41) is 0.880. The van der Waals surface area contributed by atoms with Gasteiger partial charge in [0, 0.05) is 62.5 Å². The SMILES string of the molecule is CCCSNc1ccc(F)c(N(N)/C=C(\N)c2cncc(N3CCN(C4CCOC4)CC3)c2)c1F. The Labute approximate surface area is 209 Å². The first kappa shape index (κ1) is 25.5. The third kappa shape index (κ3) is 6.16. The number of hydrogen-bond acceptors (Lipinski definition) is 9. The van der Waals surface area contributed by atoms with Gasteiger partial charge in [-0.2, -0.15) is 0 Å². The molecule has 1 aromatic carbocycles. The number of anilines is 3. The summed E-state index contributed by atoms with van der Waals surface area (Å²) >= 11 is 1.35. The van der Waals surface area contributed by atoms with Crippen molar-refractivity contribution in [2.45, 2.75) is 25.8 Å². The maximum atomic E-state index is 15.0. The predicted octanol–water partition coefficient (Wildman–Crippen LogP) is 3.38. The van der Waals surface area contributed by atoms with Crippen LogP contribution in [-0.4, -0.2) is 61.1 Å². The molecule has 0 bridgehead atoms. The fourth-order valence-corrected chi connectivity index (χ4v) is 4.91. The highest BCUT2D eigenvalue weighted by Crippen LogP contribution is 2.30. The number of rotatable bonds is 9. The lowest BCUT2D eigenvalue weighted by atomic mass is 10.1. The highest BCUT2D eigenvalue weighted by Gasteiger charge is 2.27. The van der Waals surface area contributed by atoms with Gasteiger partial charge in [0.05, 0.1) is 29.9 Å². The van der Waals surface area contributed by atoms with Crippen LogP contribution >= 0.6 is 11.9 Å². The van der Waals surface area contributed by atoms with E-state index in [2.05, 4.69) is 19.5 Å². The predicted molar refractivity (Wildman–Crippen MR) is 139 cm³/mol. The Morgan fingerprint density at radius 2 is 2.09 bits per heavy atom. The molecule has 35 heavy (non-hydrogen) atoms. The highest BCUT2D eigenvalue weighted by atomic mass is 32.2. The van der Waals surface area contributed by atoms with Crippen molar-refractivity contribution in [3.05, 3.63) is 54.0 Å². The lowest BCUT2D eigenvalue weighted by Crippen LogP contribution is -2.50. The summed E-state index contributed by atoms with van der Waals surface area (Å²) in [5.41, 5.74) is 7.87. The van der Waals surface area contributed by atoms with Gasteiger partial charge >= 0.3 is 0 Å². The van der Waals surface area contributed by atoms with Crippen molar-refractivity contribution < 1.29 is 13.5 Å². The first-order chi connectivity index (χ1) is 17.0. The number of hydrogen-bond donors (Lipinski definition) is 3. The van der Waals surface area contributed by atoms with Crippen LogP contribution in [0.25, 0.3) is 5.70 Å². The maximum absolute atomic E-state index is 15.0. The number of nitrogens with two attached hydrogens (primary N) is 2. The van der Waals surface area contributed by atoms with E-state index in [9.17, 15) is 8.78 Å². The van der Waals surface area contributed by atoms with Crippen LogP contribution in [0.5, 0.6) is 0 Å². The molecular formula is C24H33F2N7OS. The van der Waals surface area contributed by atoms with E-state index in [0.29, 0.717) is 11.6 Å². The molecule has 0 amide bonds. The van der Waals surface area contributed by atoms with Crippen LogP contribution in [0.3, 0.4) is 0 Å². The number of nitrogens with zero attached hydrogens (tertiary/aromatic N) is 4. The monoisotopic (exact) mass is 505 g/mol. The molecule has 2 aliphatic heterocycles. The average molecular weight is 506 g/mol. The Hall–Kier alpha value is -2.60. The van der Waals surface area contributed by atoms with E-state index in [0.717, 1.165) is 68.7 Å². The molecule has 8 nitrogen and oxygen atoms in total. The van der Waals surface area contributed by atoms with Gasteiger partial charge in [-0.1, -0.05) is 18.9 Å².